The molecule has 29 heavy (non-hydrogen) atoms. The van der Waals surface area contributed by atoms with Gasteiger partial charge in [-0.15, -0.1) is 0 Å². The van der Waals surface area contributed by atoms with Gasteiger partial charge in [-0.2, -0.15) is 4.98 Å². The molecule has 1 aliphatic heterocycles. The first kappa shape index (κ1) is 19.8. The van der Waals surface area contributed by atoms with Gasteiger partial charge in [0, 0.05) is 49.1 Å². The lowest BCUT2D eigenvalue weighted by atomic mass is 10.1. The average molecular weight is 398 g/mol. The normalized spacial score (nSPS) is 23.7. The largest absolute Gasteiger partial charge is 0.493 e. The summed E-state index contributed by atoms with van der Waals surface area (Å²) in [6, 6.07) is 8.53. The smallest absolute Gasteiger partial charge is 0.229 e. The van der Waals surface area contributed by atoms with Gasteiger partial charge in [-0.3, -0.25) is 4.90 Å². The fourth-order valence-corrected chi connectivity index (χ4v) is 4.07. The SMILES string of the molecule is CNc1cc(C)nc(Nc2ccc(OC)c(OC[C@H]3CCN(C4CC4C)C3)c2)n1. The Hall–Kier alpha value is -2.54. The Morgan fingerprint density at radius 3 is 2.76 bits per heavy atom. The van der Waals surface area contributed by atoms with Gasteiger partial charge in [0.1, 0.15) is 5.82 Å². The molecule has 7 heteroatoms. The highest BCUT2D eigenvalue weighted by Gasteiger charge is 2.41. The van der Waals surface area contributed by atoms with E-state index in [9.17, 15) is 0 Å². The lowest BCUT2D eigenvalue weighted by Crippen LogP contribution is -2.25. The van der Waals surface area contributed by atoms with Gasteiger partial charge >= 0.3 is 0 Å². The number of nitrogens with one attached hydrogen (secondary N) is 2. The Balaban J connectivity index is 1.41. The molecule has 0 bridgehead atoms. The van der Waals surface area contributed by atoms with Crippen molar-refractivity contribution < 1.29 is 9.47 Å². The summed E-state index contributed by atoms with van der Waals surface area (Å²) in [7, 11) is 3.52. The van der Waals surface area contributed by atoms with Crippen molar-refractivity contribution in [3.05, 3.63) is 30.0 Å². The van der Waals surface area contributed by atoms with E-state index in [-0.39, 0.29) is 0 Å². The lowest BCUT2D eigenvalue weighted by Gasteiger charge is -2.17. The van der Waals surface area contributed by atoms with E-state index in [1.807, 2.05) is 38.2 Å². The van der Waals surface area contributed by atoms with E-state index in [0.717, 1.165) is 47.2 Å². The maximum absolute atomic E-state index is 6.19. The zero-order chi connectivity index (χ0) is 20.4. The third kappa shape index (κ3) is 4.72. The van der Waals surface area contributed by atoms with Crippen molar-refractivity contribution in [2.45, 2.75) is 32.7 Å². The molecule has 1 aromatic heterocycles. The van der Waals surface area contributed by atoms with Crippen LogP contribution in [0.25, 0.3) is 0 Å². The molecule has 2 N–H and O–H groups in total. The fraction of sp³-hybridized carbons (Fsp3) is 0.545. The Morgan fingerprint density at radius 1 is 1.21 bits per heavy atom. The van der Waals surface area contributed by atoms with Gasteiger partial charge < -0.3 is 20.1 Å². The second-order valence-corrected chi connectivity index (χ2v) is 8.20. The molecule has 3 atom stereocenters. The third-order valence-electron chi connectivity index (χ3n) is 5.86. The summed E-state index contributed by atoms with van der Waals surface area (Å²) in [5.41, 5.74) is 1.76. The number of aromatic nitrogens is 2. The molecule has 1 aliphatic carbocycles. The Morgan fingerprint density at radius 2 is 2.03 bits per heavy atom. The summed E-state index contributed by atoms with van der Waals surface area (Å²) >= 11 is 0. The molecule has 156 valence electrons. The number of hydrogen-bond acceptors (Lipinski definition) is 7. The molecule has 2 aliphatic rings. The molecule has 0 spiro atoms. The molecule has 7 nitrogen and oxygen atoms in total. The van der Waals surface area contributed by atoms with Gasteiger partial charge in [0.15, 0.2) is 11.5 Å². The summed E-state index contributed by atoms with van der Waals surface area (Å²) in [6.45, 7) is 7.33. The van der Waals surface area contributed by atoms with Crippen LogP contribution >= 0.6 is 0 Å². The highest BCUT2D eigenvalue weighted by Crippen LogP contribution is 2.38. The molecule has 1 saturated heterocycles. The number of likely N-dealkylation sites (tertiary alicyclic amines) is 1. The van der Waals surface area contributed by atoms with Crippen LogP contribution < -0.4 is 20.1 Å². The second kappa shape index (κ2) is 8.45. The van der Waals surface area contributed by atoms with Gasteiger partial charge in [-0.25, -0.2) is 4.98 Å². The van der Waals surface area contributed by atoms with E-state index in [1.54, 1.807) is 7.11 Å². The van der Waals surface area contributed by atoms with Crippen molar-refractivity contribution in [3.63, 3.8) is 0 Å². The van der Waals surface area contributed by atoms with Gasteiger partial charge in [0.05, 0.1) is 13.7 Å². The van der Waals surface area contributed by atoms with Crippen LogP contribution in [0.3, 0.4) is 0 Å². The molecular formula is C22H31N5O2. The van der Waals surface area contributed by atoms with Crippen molar-refractivity contribution in [1.82, 2.24) is 14.9 Å². The van der Waals surface area contributed by atoms with Crippen LogP contribution in [0.5, 0.6) is 11.5 Å². The van der Waals surface area contributed by atoms with Crippen molar-refractivity contribution in [3.8, 4) is 11.5 Å². The van der Waals surface area contributed by atoms with Crippen molar-refractivity contribution >= 4 is 17.5 Å². The van der Waals surface area contributed by atoms with E-state index in [4.69, 9.17) is 9.47 Å². The highest BCUT2D eigenvalue weighted by atomic mass is 16.5. The molecule has 2 heterocycles. The number of anilines is 3. The molecule has 1 aromatic carbocycles. The van der Waals surface area contributed by atoms with Gasteiger partial charge in [-0.05, 0) is 44.4 Å². The number of ether oxygens (including phenoxy) is 2. The van der Waals surface area contributed by atoms with Crippen molar-refractivity contribution in [1.29, 1.82) is 0 Å². The maximum Gasteiger partial charge on any atom is 0.229 e. The number of methoxy groups -OCH3 is 1. The third-order valence-corrected chi connectivity index (χ3v) is 5.86. The molecule has 4 rings (SSSR count). The minimum absolute atomic E-state index is 0.551. The predicted octanol–water partition coefficient (Wildman–Crippen LogP) is 3.69. The van der Waals surface area contributed by atoms with Gasteiger partial charge in [0.2, 0.25) is 5.95 Å². The molecule has 0 amide bonds. The highest BCUT2D eigenvalue weighted by molar-refractivity contribution is 5.60. The lowest BCUT2D eigenvalue weighted by molar-refractivity contribution is 0.228. The van der Waals surface area contributed by atoms with Crippen LogP contribution in [0.4, 0.5) is 17.5 Å². The maximum atomic E-state index is 6.19. The summed E-state index contributed by atoms with van der Waals surface area (Å²) in [4.78, 5) is 11.5. The van der Waals surface area contributed by atoms with Crippen LogP contribution in [0.15, 0.2) is 24.3 Å². The van der Waals surface area contributed by atoms with Crippen LogP contribution in [0, 0.1) is 18.8 Å². The van der Waals surface area contributed by atoms with Crippen LogP contribution in [-0.4, -0.2) is 54.8 Å². The molecule has 2 fully saturated rings. The summed E-state index contributed by atoms with van der Waals surface area (Å²) < 4.78 is 11.7. The number of hydrogen-bond donors (Lipinski definition) is 2. The van der Waals surface area contributed by atoms with Crippen LogP contribution in [-0.2, 0) is 0 Å². The van der Waals surface area contributed by atoms with E-state index in [2.05, 4.69) is 32.4 Å². The summed E-state index contributed by atoms with van der Waals surface area (Å²) in [6.07, 6.45) is 2.55. The number of nitrogens with zero attached hydrogens (tertiary/aromatic N) is 3. The quantitative estimate of drug-likeness (QED) is 0.704. The standard InChI is InChI=1S/C22H31N5O2/c1-14-9-18(14)27-8-7-16(12-27)13-29-20-11-17(5-6-19(20)28-4)25-22-24-15(2)10-21(23-3)26-22/h5-6,10-11,14,16,18H,7-9,12-13H2,1-4H3,(H2,23,24,25,26)/t14?,16-,18?/m0/s1. The minimum Gasteiger partial charge on any atom is -0.493 e. The molecular weight excluding hydrogens is 366 g/mol. The average Bonchev–Trinajstić information content (AvgIpc) is 3.25. The first-order chi connectivity index (χ1) is 14.1. The first-order valence-electron chi connectivity index (χ1n) is 10.4. The molecule has 0 radical (unpaired) electrons. The topological polar surface area (TPSA) is 71.5 Å². The fourth-order valence-electron chi connectivity index (χ4n) is 4.07. The molecule has 2 unspecified atom stereocenters. The molecule has 2 aromatic rings. The minimum atomic E-state index is 0.551. The first-order valence-corrected chi connectivity index (χ1v) is 10.4. The van der Waals surface area contributed by atoms with Gasteiger partial charge in [-0.1, -0.05) is 6.92 Å². The summed E-state index contributed by atoms with van der Waals surface area (Å²) in [5, 5.41) is 6.32. The second-order valence-electron chi connectivity index (χ2n) is 8.20. The van der Waals surface area contributed by atoms with E-state index in [1.165, 1.54) is 19.4 Å². The van der Waals surface area contributed by atoms with Crippen molar-refractivity contribution in [2.24, 2.45) is 11.8 Å². The molecule has 1 saturated carbocycles. The zero-order valence-corrected chi connectivity index (χ0v) is 17.7. The number of rotatable bonds is 8. The predicted molar refractivity (Wildman–Crippen MR) is 115 cm³/mol. The number of aryl methyl sites for hydroxylation is 1. The van der Waals surface area contributed by atoms with E-state index < -0.39 is 0 Å². The van der Waals surface area contributed by atoms with Gasteiger partial charge in [0.25, 0.3) is 0 Å². The Labute approximate surface area is 172 Å². The van der Waals surface area contributed by atoms with E-state index >= 15 is 0 Å². The van der Waals surface area contributed by atoms with Crippen molar-refractivity contribution in [2.75, 3.05) is 44.5 Å². The Bertz CT molecular complexity index is 859. The Kier molecular flexibility index (Phi) is 5.76. The number of benzene rings is 1. The van der Waals surface area contributed by atoms with Crippen LogP contribution in [0.1, 0.15) is 25.5 Å². The van der Waals surface area contributed by atoms with E-state index in [0.29, 0.717) is 18.5 Å². The van der Waals surface area contributed by atoms with Crippen LogP contribution in [0.2, 0.25) is 0 Å². The summed E-state index contributed by atoms with van der Waals surface area (Å²) in [5.74, 6) is 4.25. The monoisotopic (exact) mass is 397 g/mol. The zero-order valence-electron chi connectivity index (χ0n) is 17.7.